The van der Waals surface area contributed by atoms with Crippen molar-refractivity contribution in [1.82, 2.24) is 4.90 Å². The van der Waals surface area contributed by atoms with Gasteiger partial charge in [-0.25, -0.2) is 9.18 Å². The maximum Gasteiger partial charge on any atom is 0.410 e. The number of alkyl halides is 1. The van der Waals surface area contributed by atoms with Gasteiger partial charge in [0, 0.05) is 6.54 Å². The number of carbonyl (C=O) groups is 1. The van der Waals surface area contributed by atoms with Crippen LogP contribution in [0, 0.1) is 0 Å². The molecule has 0 fully saturated rings. The van der Waals surface area contributed by atoms with Crippen LogP contribution in [0.5, 0.6) is 0 Å². The average molecular weight is 201 g/mol. The highest BCUT2D eigenvalue weighted by Crippen LogP contribution is 2.13. The molecule has 14 heavy (non-hydrogen) atoms. The molecule has 0 aromatic heterocycles. The fourth-order valence-corrected chi connectivity index (χ4v) is 1.16. The van der Waals surface area contributed by atoms with Crippen LogP contribution in [-0.2, 0) is 4.74 Å². The van der Waals surface area contributed by atoms with Crippen molar-refractivity contribution in [2.45, 2.75) is 32.5 Å². The van der Waals surface area contributed by atoms with Crippen molar-refractivity contribution in [2.75, 3.05) is 13.1 Å². The molecule has 0 aliphatic carbocycles. The molecule has 1 atom stereocenters. The lowest BCUT2D eigenvalue weighted by Crippen LogP contribution is -2.41. The van der Waals surface area contributed by atoms with Crippen molar-refractivity contribution in [2.24, 2.45) is 0 Å². The van der Waals surface area contributed by atoms with Gasteiger partial charge in [-0.3, -0.25) is 0 Å². The number of rotatable bonds is 0. The third kappa shape index (κ3) is 3.36. The molecule has 0 aromatic rings. The minimum absolute atomic E-state index is 0.0887. The van der Waals surface area contributed by atoms with Gasteiger partial charge in [-0.1, -0.05) is 12.2 Å². The lowest BCUT2D eigenvalue weighted by atomic mass is 10.2. The van der Waals surface area contributed by atoms with Crippen LogP contribution in [0.15, 0.2) is 12.2 Å². The van der Waals surface area contributed by atoms with Crippen molar-refractivity contribution < 1.29 is 13.9 Å². The molecule has 0 saturated carbocycles. The van der Waals surface area contributed by atoms with Crippen molar-refractivity contribution >= 4 is 6.09 Å². The fourth-order valence-electron chi connectivity index (χ4n) is 1.16. The molecule has 0 spiro atoms. The summed E-state index contributed by atoms with van der Waals surface area (Å²) < 4.78 is 18.0. The van der Waals surface area contributed by atoms with Crippen LogP contribution in [0.2, 0.25) is 0 Å². The van der Waals surface area contributed by atoms with Gasteiger partial charge in [0.2, 0.25) is 0 Å². The maximum atomic E-state index is 12.9. The monoisotopic (exact) mass is 201 g/mol. The Morgan fingerprint density at radius 3 is 2.71 bits per heavy atom. The molecule has 0 saturated heterocycles. The number of halogens is 1. The summed E-state index contributed by atoms with van der Waals surface area (Å²) in [5, 5.41) is 0. The molecule has 0 N–H and O–H groups in total. The Morgan fingerprint density at radius 2 is 2.21 bits per heavy atom. The number of amides is 1. The number of ether oxygens (including phenoxy) is 1. The van der Waals surface area contributed by atoms with Gasteiger partial charge in [-0.05, 0) is 20.8 Å². The Balaban J connectivity index is 2.50. The van der Waals surface area contributed by atoms with Crippen LogP contribution >= 0.6 is 0 Å². The van der Waals surface area contributed by atoms with E-state index in [9.17, 15) is 9.18 Å². The SMILES string of the molecule is CC(C)(C)OC(=O)N1CC=C[C@@H](F)C1. The molecular formula is C10H16FNO2. The largest absolute Gasteiger partial charge is 0.444 e. The van der Waals surface area contributed by atoms with Gasteiger partial charge in [0.1, 0.15) is 11.8 Å². The lowest BCUT2D eigenvalue weighted by molar-refractivity contribution is 0.0231. The number of carbonyl (C=O) groups excluding carboxylic acids is 1. The summed E-state index contributed by atoms with van der Waals surface area (Å²) in [5.41, 5.74) is -0.524. The van der Waals surface area contributed by atoms with E-state index in [4.69, 9.17) is 4.74 Å². The molecule has 1 rings (SSSR count). The summed E-state index contributed by atoms with van der Waals surface area (Å²) in [5.74, 6) is 0. The third-order valence-electron chi connectivity index (χ3n) is 1.72. The lowest BCUT2D eigenvalue weighted by Gasteiger charge is -2.28. The molecule has 1 aliphatic rings. The van der Waals surface area contributed by atoms with Gasteiger partial charge in [0.05, 0.1) is 6.54 Å². The number of hydrogen-bond donors (Lipinski definition) is 0. The average Bonchev–Trinajstić information content (AvgIpc) is 2.01. The van der Waals surface area contributed by atoms with Crippen LogP contribution in [0.3, 0.4) is 0 Å². The van der Waals surface area contributed by atoms with E-state index >= 15 is 0 Å². The van der Waals surface area contributed by atoms with Crippen molar-refractivity contribution in [1.29, 1.82) is 0 Å². The molecule has 1 aliphatic heterocycles. The van der Waals surface area contributed by atoms with Crippen LogP contribution in [-0.4, -0.2) is 35.9 Å². The Morgan fingerprint density at radius 1 is 1.57 bits per heavy atom. The smallest absolute Gasteiger partial charge is 0.410 e. The molecule has 4 heteroatoms. The molecule has 0 bridgehead atoms. The Labute approximate surface area is 83.5 Å². The molecule has 80 valence electrons. The van der Waals surface area contributed by atoms with Crippen LogP contribution in [0.25, 0.3) is 0 Å². The Bertz CT molecular complexity index is 245. The van der Waals surface area contributed by atoms with Crippen LogP contribution in [0.1, 0.15) is 20.8 Å². The van der Waals surface area contributed by atoms with E-state index in [2.05, 4.69) is 0 Å². The fraction of sp³-hybridized carbons (Fsp3) is 0.700. The summed E-state index contributed by atoms with van der Waals surface area (Å²) >= 11 is 0. The predicted molar refractivity (Wildman–Crippen MR) is 51.8 cm³/mol. The zero-order chi connectivity index (χ0) is 10.8. The highest BCUT2D eigenvalue weighted by molar-refractivity contribution is 5.68. The first-order valence-electron chi connectivity index (χ1n) is 4.67. The highest BCUT2D eigenvalue weighted by Gasteiger charge is 2.24. The molecule has 0 unspecified atom stereocenters. The second-order valence-corrected chi connectivity index (χ2v) is 4.33. The van der Waals surface area contributed by atoms with Crippen molar-refractivity contribution in [3.63, 3.8) is 0 Å². The molecular weight excluding hydrogens is 185 g/mol. The predicted octanol–water partition coefficient (Wildman–Crippen LogP) is 2.13. The van der Waals surface area contributed by atoms with Gasteiger partial charge < -0.3 is 9.64 Å². The molecule has 0 radical (unpaired) electrons. The normalized spacial score (nSPS) is 22.3. The first kappa shape index (κ1) is 11.0. The van der Waals surface area contributed by atoms with Crippen molar-refractivity contribution in [3.8, 4) is 0 Å². The van der Waals surface area contributed by atoms with E-state index < -0.39 is 17.9 Å². The van der Waals surface area contributed by atoms with E-state index in [0.717, 1.165) is 0 Å². The van der Waals surface area contributed by atoms with Crippen molar-refractivity contribution in [3.05, 3.63) is 12.2 Å². The zero-order valence-corrected chi connectivity index (χ0v) is 8.79. The number of nitrogens with zero attached hydrogens (tertiary/aromatic N) is 1. The molecule has 3 nitrogen and oxygen atoms in total. The highest BCUT2D eigenvalue weighted by atomic mass is 19.1. The zero-order valence-electron chi connectivity index (χ0n) is 8.79. The summed E-state index contributed by atoms with van der Waals surface area (Å²) in [6.07, 6.45) is 1.57. The van der Waals surface area contributed by atoms with E-state index in [1.807, 2.05) is 0 Å². The number of hydrogen-bond acceptors (Lipinski definition) is 2. The first-order valence-corrected chi connectivity index (χ1v) is 4.67. The van der Waals surface area contributed by atoms with Gasteiger partial charge in [-0.15, -0.1) is 0 Å². The Hall–Kier alpha value is -1.06. The van der Waals surface area contributed by atoms with Gasteiger partial charge in [-0.2, -0.15) is 0 Å². The molecule has 1 amide bonds. The molecule has 1 heterocycles. The summed E-state index contributed by atoms with van der Waals surface area (Å²) in [6, 6.07) is 0. The van der Waals surface area contributed by atoms with E-state index in [1.54, 1.807) is 26.8 Å². The first-order chi connectivity index (χ1) is 6.38. The van der Waals surface area contributed by atoms with Gasteiger partial charge in [0.25, 0.3) is 0 Å². The topological polar surface area (TPSA) is 29.5 Å². The van der Waals surface area contributed by atoms with Crippen LogP contribution < -0.4 is 0 Å². The third-order valence-corrected chi connectivity index (χ3v) is 1.72. The van der Waals surface area contributed by atoms with E-state index in [0.29, 0.717) is 6.54 Å². The van der Waals surface area contributed by atoms with E-state index in [-0.39, 0.29) is 6.54 Å². The quantitative estimate of drug-likeness (QED) is 0.562. The summed E-state index contributed by atoms with van der Waals surface area (Å²) in [4.78, 5) is 12.8. The second-order valence-electron chi connectivity index (χ2n) is 4.33. The maximum absolute atomic E-state index is 12.9. The summed E-state index contributed by atoms with van der Waals surface area (Å²) in [6.45, 7) is 5.88. The van der Waals surface area contributed by atoms with Crippen LogP contribution in [0.4, 0.5) is 9.18 Å². The standard InChI is InChI=1S/C10H16FNO2/c1-10(2,3)14-9(13)12-6-4-5-8(11)7-12/h4-5,8H,6-7H2,1-3H3/t8-/m1/s1. The van der Waals surface area contributed by atoms with Gasteiger partial charge in [0.15, 0.2) is 0 Å². The Kier molecular flexibility index (Phi) is 3.13. The minimum Gasteiger partial charge on any atom is -0.444 e. The minimum atomic E-state index is -1.07. The van der Waals surface area contributed by atoms with E-state index in [1.165, 1.54) is 11.0 Å². The second kappa shape index (κ2) is 3.98. The van der Waals surface area contributed by atoms with Gasteiger partial charge >= 0.3 is 6.09 Å². The molecule has 0 aromatic carbocycles. The summed E-state index contributed by atoms with van der Waals surface area (Å²) in [7, 11) is 0.